The minimum atomic E-state index is 0.318. The Balaban J connectivity index is 2.64. The van der Waals surface area contributed by atoms with Crippen LogP contribution in [-0.4, -0.2) is 26.3 Å². The number of halogens is 2. The molecule has 0 aliphatic rings. The molecule has 0 spiro atoms. The molecule has 0 heterocycles. The van der Waals surface area contributed by atoms with Gasteiger partial charge in [-0.1, -0.05) is 40.5 Å². The fourth-order valence-corrected chi connectivity index (χ4v) is 2.44. The van der Waals surface area contributed by atoms with Gasteiger partial charge in [0, 0.05) is 22.6 Å². The van der Waals surface area contributed by atoms with Crippen molar-refractivity contribution in [2.75, 3.05) is 20.3 Å². The summed E-state index contributed by atoms with van der Waals surface area (Å²) in [5, 5.41) is 4.27. The first kappa shape index (κ1) is 15.0. The first-order chi connectivity index (χ1) is 8.17. The molecule has 0 saturated heterocycles. The lowest BCUT2D eigenvalue weighted by molar-refractivity contribution is 0.166. The van der Waals surface area contributed by atoms with Crippen LogP contribution in [0.5, 0.6) is 0 Å². The lowest BCUT2D eigenvalue weighted by Gasteiger charge is -2.18. The summed E-state index contributed by atoms with van der Waals surface area (Å²) in [5.74, 6) is 0. The van der Waals surface area contributed by atoms with E-state index in [-0.39, 0.29) is 0 Å². The van der Waals surface area contributed by atoms with Crippen LogP contribution in [-0.2, 0) is 11.2 Å². The molecule has 2 nitrogen and oxygen atoms in total. The van der Waals surface area contributed by atoms with Gasteiger partial charge in [-0.2, -0.15) is 0 Å². The van der Waals surface area contributed by atoms with Crippen LogP contribution < -0.4 is 5.32 Å². The van der Waals surface area contributed by atoms with Crippen LogP contribution in [0.3, 0.4) is 0 Å². The highest BCUT2D eigenvalue weighted by atomic mass is 79.9. The average Bonchev–Trinajstić information content (AvgIpc) is 2.29. The molecule has 1 N–H and O–H groups in total. The van der Waals surface area contributed by atoms with Crippen LogP contribution in [0.15, 0.2) is 22.7 Å². The van der Waals surface area contributed by atoms with Crippen molar-refractivity contribution in [3.8, 4) is 0 Å². The highest BCUT2D eigenvalue weighted by molar-refractivity contribution is 9.10. The average molecular weight is 321 g/mol. The standard InChI is InChI=1S/C13H19BrClNO/c1-3-6-16-12(9-17-2)7-10-4-5-11(14)8-13(10)15/h4-5,8,12,16H,3,6-7,9H2,1-2H3. The molecular formula is C13H19BrClNO. The first-order valence-corrected chi connectivity index (χ1v) is 7.00. The Hall–Kier alpha value is -0.0900. The zero-order valence-electron chi connectivity index (χ0n) is 10.3. The van der Waals surface area contributed by atoms with E-state index in [4.69, 9.17) is 16.3 Å². The predicted octanol–water partition coefficient (Wildman–Crippen LogP) is 3.66. The summed E-state index contributed by atoms with van der Waals surface area (Å²) in [7, 11) is 1.73. The number of hydrogen-bond donors (Lipinski definition) is 1. The third kappa shape index (κ3) is 5.38. The third-order valence-corrected chi connectivity index (χ3v) is 3.38. The zero-order chi connectivity index (χ0) is 12.7. The maximum atomic E-state index is 6.21. The van der Waals surface area contributed by atoms with Gasteiger partial charge < -0.3 is 10.1 Å². The summed E-state index contributed by atoms with van der Waals surface area (Å²) in [5.41, 5.74) is 1.15. The minimum absolute atomic E-state index is 0.318. The Labute approximate surface area is 117 Å². The molecule has 0 radical (unpaired) electrons. The maximum Gasteiger partial charge on any atom is 0.0619 e. The highest BCUT2D eigenvalue weighted by Crippen LogP contribution is 2.22. The molecule has 0 bridgehead atoms. The topological polar surface area (TPSA) is 21.3 Å². The van der Waals surface area contributed by atoms with Gasteiger partial charge in [0.25, 0.3) is 0 Å². The van der Waals surface area contributed by atoms with Crippen LogP contribution in [0.4, 0.5) is 0 Å². The zero-order valence-corrected chi connectivity index (χ0v) is 12.6. The van der Waals surface area contributed by atoms with Crippen LogP contribution in [0.2, 0.25) is 5.02 Å². The van der Waals surface area contributed by atoms with Gasteiger partial charge in [-0.05, 0) is 37.1 Å². The summed E-state index contributed by atoms with van der Waals surface area (Å²) >= 11 is 9.62. The molecule has 0 aliphatic heterocycles. The van der Waals surface area contributed by atoms with Crippen molar-refractivity contribution < 1.29 is 4.74 Å². The molecule has 0 aromatic heterocycles. The quantitative estimate of drug-likeness (QED) is 0.828. The Morgan fingerprint density at radius 3 is 2.82 bits per heavy atom. The normalized spacial score (nSPS) is 12.7. The summed E-state index contributed by atoms with van der Waals surface area (Å²) in [6, 6.07) is 6.33. The fourth-order valence-electron chi connectivity index (χ4n) is 1.69. The van der Waals surface area contributed by atoms with Crippen LogP contribution in [0, 0.1) is 0 Å². The van der Waals surface area contributed by atoms with Gasteiger partial charge in [-0.25, -0.2) is 0 Å². The molecule has 0 saturated carbocycles. The van der Waals surface area contributed by atoms with Crippen molar-refractivity contribution in [3.63, 3.8) is 0 Å². The van der Waals surface area contributed by atoms with E-state index in [1.807, 2.05) is 12.1 Å². The van der Waals surface area contributed by atoms with E-state index in [0.29, 0.717) is 12.6 Å². The Bertz CT molecular complexity index is 346. The maximum absolute atomic E-state index is 6.21. The number of ether oxygens (including phenoxy) is 1. The third-order valence-electron chi connectivity index (χ3n) is 2.53. The molecule has 17 heavy (non-hydrogen) atoms. The molecule has 0 fully saturated rings. The lowest BCUT2D eigenvalue weighted by atomic mass is 10.1. The number of rotatable bonds is 7. The van der Waals surface area contributed by atoms with E-state index >= 15 is 0 Å². The Morgan fingerprint density at radius 1 is 1.47 bits per heavy atom. The van der Waals surface area contributed by atoms with E-state index < -0.39 is 0 Å². The smallest absolute Gasteiger partial charge is 0.0619 e. The summed E-state index contributed by atoms with van der Waals surface area (Å²) in [6.45, 7) is 3.86. The number of nitrogens with one attached hydrogen (secondary N) is 1. The molecule has 4 heteroatoms. The Kier molecular flexibility index (Phi) is 7.12. The molecule has 1 rings (SSSR count). The van der Waals surface area contributed by atoms with Gasteiger partial charge in [-0.15, -0.1) is 0 Å². The molecular weight excluding hydrogens is 302 g/mol. The van der Waals surface area contributed by atoms with E-state index in [2.05, 4.69) is 34.2 Å². The summed E-state index contributed by atoms with van der Waals surface area (Å²) in [6.07, 6.45) is 2.01. The molecule has 0 amide bonds. The second kappa shape index (κ2) is 8.09. The molecule has 1 aromatic carbocycles. The second-order valence-corrected chi connectivity index (χ2v) is 5.37. The molecule has 1 atom stereocenters. The summed E-state index contributed by atoms with van der Waals surface area (Å²) in [4.78, 5) is 0. The van der Waals surface area contributed by atoms with Crippen molar-refractivity contribution in [1.82, 2.24) is 5.32 Å². The van der Waals surface area contributed by atoms with E-state index in [1.165, 1.54) is 0 Å². The number of methoxy groups -OCH3 is 1. The molecule has 1 unspecified atom stereocenters. The summed E-state index contributed by atoms with van der Waals surface area (Å²) < 4.78 is 6.23. The van der Waals surface area contributed by atoms with Crippen molar-refractivity contribution in [3.05, 3.63) is 33.3 Å². The first-order valence-electron chi connectivity index (χ1n) is 5.83. The highest BCUT2D eigenvalue weighted by Gasteiger charge is 2.10. The largest absolute Gasteiger partial charge is 0.383 e. The minimum Gasteiger partial charge on any atom is -0.383 e. The van der Waals surface area contributed by atoms with Crippen LogP contribution in [0.1, 0.15) is 18.9 Å². The van der Waals surface area contributed by atoms with Gasteiger partial charge in [0.15, 0.2) is 0 Å². The van der Waals surface area contributed by atoms with Crippen molar-refractivity contribution >= 4 is 27.5 Å². The van der Waals surface area contributed by atoms with Gasteiger partial charge in [-0.3, -0.25) is 0 Å². The van der Waals surface area contributed by atoms with E-state index in [9.17, 15) is 0 Å². The SMILES string of the molecule is CCCNC(COC)Cc1ccc(Br)cc1Cl. The van der Waals surface area contributed by atoms with Gasteiger partial charge in [0.2, 0.25) is 0 Å². The van der Waals surface area contributed by atoms with E-state index in [1.54, 1.807) is 7.11 Å². The lowest BCUT2D eigenvalue weighted by Crippen LogP contribution is -2.35. The van der Waals surface area contributed by atoms with Crippen LogP contribution in [0.25, 0.3) is 0 Å². The molecule has 96 valence electrons. The Morgan fingerprint density at radius 2 is 2.24 bits per heavy atom. The van der Waals surface area contributed by atoms with Gasteiger partial charge in [0.05, 0.1) is 6.61 Å². The van der Waals surface area contributed by atoms with Crippen molar-refractivity contribution in [2.45, 2.75) is 25.8 Å². The van der Waals surface area contributed by atoms with Gasteiger partial charge in [0.1, 0.15) is 0 Å². The number of hydrogen-bond acceptors (Lipinski definition) is 2. The number of benzene rings is 1. The predicted molar refractivity (Wildman–Crippen MR) is 76.8 cm³/mol. The van der Waals surface area contributed by atoms with E-state index in [0.717, 1.165) is 34.4 Å². The fraction of sp³-hybridized carbons (Fsp3) is 0.538. The molecule has 0 aliphatic carbocycles. The van der Waals surface area contributed by atoms with Crippen LogP contribution >= 0.6 is 27.5 Å². The monoisotopic (exact) mass is 319 g/mol. The second-order valence-electron chi connectivity index (χ2n) is 4.05. The van der Waals surface area contributed by atoms with Crippen molar-refractivity contribution in [2.24, 2.45) is 0 Å². The van der Waals surface area contributed by atoms with Gasteiger partial charge >= 0.3 is 0 Å². The molecule has 1 aromatic rings. The van der Waals surface area contributed by atoms with Crippen molar-refractivity contribution in [1.29, 1.82) is 0 Å².